The Hall–Kier alpha value is -1.84. The molecule has 106 valence electrons. The van der Waals surface area contributed by atoms with Gasteiger partial charge in [0.1, 0.15) is 5.75 Å². The van der Waals surface area contributed by atoms with Gasteiger partial charge >= 0.3 is 0 Å². The Morgan fingerprint density at radius 3 is 2.20 bits per heavy atom. The maximum Gasteiger partial charge on any atom is 0.121 e. The summed E-state index contributed by atoms with van der Waals surface area (Å²) in [4.78, 5) is 0. The van der Waals surface area contributed by atoms with Crippen LogP contribution in [-0.4, -0.2) is 16.8 Å². The molecule has 3 N–H and O–H groups in total. The number of aromatic hydroxyl groups is 1. The number of phenols is 1. The van der Waals surface area contributed by atoms with Crippen LogP contribution in [0, 0.1) is 13.8 Å². The lowest BCUT2D eigenvalue weighted by Crippen LogP contribution is -2.24. The number of phenolic OH excluding ortho intramolecular Hbond substituents is 1. The first-order valence-electron chi connectivity index (χ1n) is 6.80. The largest absolute Gasteiger partial charge is 0.507 e. The Balaban J connectivity index is 2.07. The van der Waals surface area contributed by atoms with Gasteiger partial charge in [-0.25, -0.2) is 0 Å². The summed E-state index contributed by atoms with van der Waals surface area (Å²) in [6.07, 6.45) is 0. The summed E-state index contributed by atoms with van der Waals surface area (Å²) in [6.45, 7) is 4.50. The highest BCUT2D eigenvalue weighted by atomic mass is 16.3. The Morgan fingerprint density at radius 1 is 1.05 bits per heavy atom. The molecule has 0 aliphatic rings. The van der Waals surface area contributed by atoms with E-state index in [4.69, 9.17) is 0 Å². The third-order valence-corrected chi connectivity index (χ3v) is 3.49. The van der Waals surface area contributed by atoms with Crippen molar-refractivity contribution in [2.24, 2.45) is 0 Å². The summed E-state index contributed by atoms with van der Waals surface area (Å²) in [5.74, 6) is 0.357. The van der Waals surface area contributed by atoms with Crippen LogP contribution >= 0.6 is 0 Å². The summed E-state index contributed by atoms with van der Waals surface area (Å²) in [5, 5.41) is 22.6. The second-order valence-corrected chi connectivity index (χ2v) is 5.10. The lowest BCUT2D eigenvalue weighted by atomic mass is 10.0. The Labute approximate surface area is 119 Å². The first-order chi connectivity index (χ1) is 9.61. The van der Waals surface area contributed by atoms with Gasteiger partial charge in [0.15, 0.2) is 0 Å². The number of nitrogens with one attached hydrogen (secondary N) is 1. The van der Waals surface area contributed by atoms with Gasteiger partial charge in [0.2, 0.25) is 0 Å². The molecule has 0 radical (unpaired) electrons. The van der Waals surface area contributed by atoms with Gasteiger partial charge < -0.3 is 15.5 Å². The van der Waals surface area contributed by atoms with Crippen LogP contribution in [0.25, 0.3) is 0 Å². The zero-order chi connectivity index (χ0) is 14.5. The van der Waals surface area contributed by atoms with Crippen LogP contribution in [0.15, 0.2) is 42.5 Å². The number of rotatable bonds is 5. The smallest absolute Gasteiger partial charge is 0.121 e. The highest BCUT2D eigenvalue weighted by Crippen LogP contribution is 2.23. The van der Waals surface area contributed by atoms with Crippen LogP contribution in [0.2, 0.25) is 0 Å². The van der Waals surface area contributed by atoms with Crippen molar-refractivity contribution in [2.75, 3.05) is 6.61 Å². The molecule has 20 heavy (non-hydrogen) atoms. The van der Waals surface area contributed by atoms with E-state index < -0.39 is 0 Å². The second-order valence-electron chi connectivity index (χ2n) is 5.10. The molecule has 0 amide bonds. The molecule has 0 unspecified atom stereocenters. The molecular weight excluding hydrogens is 250 g/mol. The normalized spacial score (nSPS) is 12.3. The monoisotopic (exact) mass is 271 g/mol. The van der Waals surface area contributed by atoms with E-state index in [1.165, 1.54) is 0 Å². The molecule has 0 saturated carbocycles. The van der Waals surface area contributed by atoms with Gasteiger partial charge in [-0.3, -0.25) is 0 Å². The third-order valence-electron chi connectivity index (χ3n) is 3.49. The van der Waals surface area contributed by atoms with Gasteiger partial charge in [-0.15, -0.1) is 0 Å². The van der Waals surface area contributed by atoms with Crippen molar-refractivity contribution < 1.29 is 10.2 Å². The van der Waals surface area contributed by atoms with Crippen LogP contribution in [0.4, 0.5) is 0 Å². The molecule has 1 atom stereocenters. The van der Waals surface area contributed by atoms with E-state index in [1.807, 2.05) is 56.3 Å². The van der Waals surface area contributed by atoms with E-state index >= 15 is 0 Å². The van der Waals surface area contributed by atoms with Crippen molar-refractivity contribution in [3.8, 4) is 5.75 Å². The first kappa shape index (κ1) is 14.6. The van der Waals surface area contributed by atoms with Gasteiger partial charge in [0.05, 0.1) is 12.6 Å². The minimum Gasteiger partial charge on any atom is -0.507 e. The average Bonchev–Trinajstić information content (AvgIpc) is 2.46. The van der Waals surface area contributed by atoms with Crippen LogP contribution in [0.5, 0.6) is 5.75 Å². The van der Waals surface area contributed by atoms with Crippen molar-refractivity contribution in [1.29, 1.82) is 0 Å². The van der Waals surface area contributed by atoms with Crippen molar-refractivity contribution in [3.63, 3.8) is 0 Å². The maximum atomic E-state index is 9.77. The zero-order valence-electron chi connectivity index (χ0n) is 11.9. The third kappa shape index (κ3) is 3.38. The Bertz CT molecular complexity index is 543. The Morgan fingerprint density at radius 2 is 1.65 bits per heavy atom. The van der Waals surface area contributed by atoms with Crippen molar-refractivity contribution in [3.05, 3.63) is 64.7 Å². The molecule has 0 bridgehead atoms. The fraction of sp³-hybridized carbons (Fsp3) is 0.294. The molecule has 0 aliphatic heterocycles. The maximum absolute atomic E-state index is 9.77. The minimum atomic E-state index is -0.0781. The average molecular weight is 271 g/mol. The van der Waals surface area contributed by atoms with Gasteiger partial charge in [0.25, 0.3) is 0 Å². The van der Waals surface area contributed by atoms with E-state index in [0.717, 1.165) is 22.3 Å². The van der Waals surface area contributed by atoms with Gasteiger partial charge in [-0.2, -0.15) is 0 Å². The molecule has 3 heteroatoms. The topological polar surface area (TPSA) is 52.5 Å². The number of hydrogen-bond donors (Lipinski definition) is 3. The number of benzene rings is 2. The number of hydrogen-bond acceptors (Lipinski definition) is 3. The van der Waals surface area contributed by atoms with E-state index in [-0.39, 0.29) is 12.6 Å². The lowest BCUT2D eigenvalue weighted by molar-refractivity contribution is 0.243. The SMILES string of the molecule is Cc1cc(CN[C@@H](CO)c2ccccc2)cc(C)c1O. The second kappa shape index (κ2) is 6.55. The first-order valence-corrected chi connectivity index (χ1v) is 6.80. The van der Waals surface area contributed by atoms with Crippen molar-refractivity contribution >= 4 is 0 Å². The van der Waals surface area contributed by atoms with Gasteiger partial charge in [0, 0.05) is 6.54 Å². The summed E-state index contributed by atoms with van der Waals surface area (Å²) >= 11 is 0. The summed E-state index contributed by atoms with van der Waals surface area (Å²) in [7, 11) is 0. The van der Waals surface area contributed by atoms with Gasteiger partial charge in [-0.05, 0) is 36.1 Å². The Kier molecular flexibility index (Phi) is 4.77. The van der Waals surface area contributed by atoms with Crippen LogP contribution in [0.3, 0.4) is 0 Å². The molecule has 0 heterocycles. The predicted octanol–water partition coefficient (Wildman–Crippen LogP) is 2.83. The van der Waals surface area contributed by atoms with E-state index in [1.54, 1.807) is 0 Å². The predicted molar refractivity (Wildman–Crippen MR) is 80.7 cm³/mol. The summed E-state index contributed by atoms with van der Waals surface area (Å²) in [6, 6.07) is 13.8. The number of aliphatic hydroxyl groups is 1. The van der Waals surface area contributed by atoms with Crippen LogP contribution in [-0.2, 0) is 6.54 Å². The highest BCUT2D eigenvalue weighted by molar-refractivity contribution is 5.42. The molecule has 0 aliphatic carbocycles. The van der Waals surface area contributed by atoms with Crippen molar-refractivity contribution in [2.45, 2.75) is 26.4 Å². The fourth-order valence-corrected chi connectivity index (χ4v) is 2.36. The number of aliphatic hydroxyl groups excluding tert-OH is 1. The molecule has 2 aromatic carbocycles. The fourth-order valence-electron chi connectivity index (χ4n) is 2.36. The van der Waals surface area contributed by atoms with Gasteiger partial charge in [-0.1, -0.05) is 42.5 Å². The molecule has 0 saturated heterocycles. The molecule has 3 nitrogen and oxygen atoms in total. The quantitative estimate of drug-likeness (QED) is 0.784. The van der Waals surface area contributed by atoms with E-state index in [9.17, 15) is 10.2 Å². The van der Waals surface area contributed by atoms with Crippen molar-refractivity contribution in [1.82, 2.24) is 5.32 Å². The highest BCUT2D eigenvalue weighted by Gasteiger charge is 2.10. The molecule has 0 aromatic heterocycles. The molecule has 0 fully saturated rings. The number of aryl methyl sites for hydroxylation is 2. The zero-order valence-corrected chi connectivity index (χ0v) is 11.9. The van der Waals surface area contributed by atoms with E-state index in [2.05, 4.69) is 5.32 Å². The van der Waals surface area contributed by atoms with Crippen LogP contribution < -0.4 is 5.32 Å². The standard InChI is InChI=1S/C17H21NO2/c1-12-8-14(9-13(2)17(12)20)10-18-16(11-19)15-6-4-3-5-7-15/h3-9,16,18-20H,10-11H2,1-2H3/t16-/m0/s1. The molecule has 0 spiro atoms. The van der Waals surface area contributed by atoms with E-state index in [0.29, 0.717) is 12.3 Å². The summed E-state index contributed by atoms with van der Waals surface area (Å²) < 4.78 is 0. The molecular formula is C17H21NO2. The lowest BCUT2D eigenvalue weighted by Gasteiger charge is -2.17. The molecule has 2 rings (SSSR count). The van der Waals surface area contributed by atoms with Crippen LogP contribution in [0.1, 0.15) is 28.3 Å². The molecule has 2 aromatic rings. The minimum absolute atomic E-state index is 0.0556. The summed E-state index contributed by atoms with van der Waals surface area (Å²) in [5.41, 5.74) is 3.93.